The summed E-state index contributed by atoms with van der Waals surface area (Å²) in [4.78, 5) is 0. The van der Waals surface area contributed by atoms with E-state index in [9.17, 15) is 0 Å². The van der Waals surface area contributed by atoms with Crippen LogP contribution in [0.1, 0.15) is 17.2 Å². The molecule has 18 heavy (non-hydrogen) atoms. The van der Waals surface area contributed by atoms with E-state index in [1.165, 1.54) is 5.56 Å². The number of rotatable bonds is 2. The zero-order chi connectivity index (χ0) is 12.5. The smallest absolute Gasteiger partial charge is 0.123 e. The predicted molar refractivity (Wildman–Crippen MR) is 72.9 cm³/mol. The molecule has 2 unspecified atom stereocenters. The van der Waals surface area contributed by atoms with Crippen molar-refractivity contribution in [3.05, 3.63) is 64.7 Å². The van der Waals surface area contributed by atoms with Crippen LogP contribution in [0.25, 0.3) is 0 Å². The summed E-state index contributed by atoms with van der Waals surface area (Å²) in [5, 5.41) is 0.699. The van der Waals surface area contributed by atoms with E-state index in [1.807, 2.05) is 42.5 Å². The van der Waals surface area contributed by atoms with Crippen LogP contribution in [0.3, 0.4) is 0 Å². The van der Waals surface area contributed by atoms with E-state index < -0.39 is 0 Å². The zero-order valence-corrected chi connectivity index (χ0v) is 10.6. The zero-order valence-electron chi connectivity index (χ0n) is 9.84. The molecule has 2 nitrogen and oxygen atoms in total. The topological polar surface area (TPSA) is 35.2 Å². The van der Waals surface area contributed by atoms with Crippen molar-refractivity contribution < 1.29 is 4.74 Å². The van der Waals surface area contributed by atoms with Gasteiger partial charge in [-0.05, 0) is 23.3 Å². The highest BCUT2D eigenvalue weighted by molar-refractivity contribution is 6.31. The Bertz CT molecular complexity index is 545. The first kappa shape index (κ1) is 11.6. The van der Waals surface area contributed by atoms with Crippen LogP contribution in [0.5, 0.6) is 5.75 Å². The van der Waals surface area contributed by atoms with E-state index in [1.54, 1.807) is 0 Å². The Labute approximate surface area is 111 Å². The monoisotopic (exact) mass is 259 g/mol. The van der Waals surface area contributed by atoms with Gasteiger partial charge >= 0.3 is 0 Å². The van der Waals surface area contributed by atoms with Crippen LogP contribution in [0.15, 0.2) is 48.5 Å². The van der Waals surface area contributed by atoms with Crippen molar-refractivity contribution in [2.75, 3.05) is 0 Å². The first-order valence-corrected chi connectivity index (χ1v) is 6.38. The summed E-state index contributed by atoms with van der Waals surface area (Å²) >= 11 is 6.17. The van der Waals surface area contributed by atoms with Gasteiger partial charge < -0.3 is 10.5 Å². The van der Waals surface area contributed by atoms with Crippen molar-refractivity contribution >= 4 is 11.6 Å². The van der Waals surface area contributed by atoms with Crippen LogP contribution in [0.4, 0.5) is 0 Å². The second-order valence-corrected chi connectivity index (χ2v) is 4.92. The fraction of sp³-hybridized carbons (Fsp3) is 0.200. The number of ether oxygens (including phenoxy) is 1. The molecule has 2 N–H and O–H groups in total. The maximum Gasteiger partial charge on any atom is 0.123 e. The van der Waals surface area contributed by atoms with Gasteiger partial charge in [0.2, 0.25) is 0 Å². The van der Waals surface area contributed by atoms with Crippen LogP contribution in [0, 0.1) is 0 Å². The Balaban J connectivity index is 1.85. The lowest BCUT2D eigenvalue weighted by Gasteiger charge is -2.20. The molecule has 3 heteroatoms. The molecule has 0 spiro atoms. The van der Waals surface area contributed by atoms with Gasteiger partial charge in [0.05, 0.1) is 6.04 Å². The van der Waals surface area contributed by atoms with Crippen LogP contribution >= 0.6 is 11.6 Å². The predicted octanol–water partition coefficient (Wildman–Crippen LogP) is 3.34. The molecule has 0 fully saturated rings. The van der Waals surface area contributed by atoms with Crippen LogP contribution in [-0.4, -0.2) is 6.10 Å². The van der Waals surface area contributed by atoms with Gasteiger partial charge in [0, 0.05) is 11.4 Å². The minimum Gasteiger partial charge on any atom is -0.488 e. The average Bonchev–Trinajstić information content (AvgIpc) is 2.82. The Hall–Kier alpha value is -1.51. The lowest BCUT2D eigenvalue weighted by molar-refractivity contribution is 0.200. The normalized spacial score (nSPS) is 19.1. The molecule has 0 saturated carbocycles. The molecule has 2 aromatic carbocycles. The molecule has 0 saturated heterocycles. The number of para-hydroxylation sites is 1. The average molecular weight is 260 g/mol. The summed E-state index contributed by atoms with van der Waals surface area (Å²) in [6.07, 6.45) is 0.796. The van der Waals surface area contributed by atoms with Crippen molar-refractivity contribution in [2.24, 2.45) is 5.73 Å². The summed E-state index contributed by atoms with van der Waals surface area (Å²) in [5.41, 5.74) is 8.43. The molecular weight excluding hydrogens is 246 g/mol. The van der Waals surface area contributed by atoms with Gasteiger partial charge in [-0.2, -0.15) is 0 Å². The molecule has 2 atom stereocenters. The fourth-order valence-corrected chi connectivity index (χ4v) is 2.62. The van der Waals surface area contributed by atoms with Gasteiger partial charge in [-0.1, -0.05) is 48.0 Å². The van der Waals surface area contributed by atoms with Crippen molar-refractivity contribution in [1.82, 2.24) is 0 Å². The Morgan fingerprint density at radius 3 is 2.61 bits per heavy atom. The van der Waals surface area contributed by atoms with E-state index in [4.69, 9.17) is 22.1 Å². The Kier molecular flexibility index (Phi) is 2.98. The first-order chi connectivity index (χ1) is 8.75. The van der Waals surface area contributed by atoms with Gasteiger partial charge in [0.15, 0.2) is 0 Å². The highest BCUT2D eigenvalue weighted by Gasteiger charge is 2.29. The van der Waals surface area contributed by atoms with E-state index in [0.29, 0.717) is 5.02 Å². The number of hydrogen-bond acceptors (Lipinski definition) is 2. The first-order valence-electron chi connectivity index (χ1n) is 6.00. The molecule has 2 aromatic rings. The largest absolute Gasteiger partial charge is 0.488 e. The lowest BCUT2D eigenvalue weighted by Crippen LogP contribution is -2.30. The maximum atomic E-state index is 6.27. The SMILES string of the molecule is NC(c1ccccc1Cl)C1Cc2ccccc2O1. The van der Waals surface area contributed by atoms with E-state index in [-0.39, 0.29) is 12.1 Å². The second-order valence-electron chi connectivity index (χ2n) is 4.52. The van der Waals surface area contributed by atoms with Crippen LogP contribution in [-0.2, 0) is 6.42 Å². The lowest BCUT2D eigenvalue weighted by atomic mass is 9.98. The summed E-state index contributed by atoms with van der Waals surface area (Å²) in [6, 6.07) is 15.5. The molecular formula is C15H14ClNO. The fourth-order valence-electron chi connectivity index (χ4n) is 2.35. The molecule has 0 radical (unpaired) electrons. The highest BCUT2D eigenvalue weighted by Crippen LogP contribution is 2.34. The molecule has 1 heterocycles. The third kappa shape index (κ3) is 1.98. The molecule has 92 valence electrons. The molecule has 1 aliphatic rings. The quantitative estimate of drug-likeness (QED) is 0.898. The standard InChI is InChI=1S/C15H14ClNO/c16-12-7-3-2-6-11(12)15(17)14-9-10-5-1-4-8-13(10)18-14/h1-8,14-15H,9,17H2. The van der Waals surface area contributed by atoms with E-state index in [2.05, 4.69) is 6.07 Å². The minimum atomic E-state index is -0.203. The molecule has 0 aromatic heterocycles. The number of hydrogen-bond donors (Lipinski definition) is 1. The van der Waals surface area contributed by atoms with Gasteiger partial charge in [0.25, 0.3) is 0 Å². The molecule has 0 bridgehead atoms. The second kappa shape index (κ2) is 4.63. The van der Waals surface area contributed by atoms with Crippen LogP contribution in [0.2, 0.25) is 5.02 Å². The molecule has 3 rings (SSSR count). The van der Waals surface area contributed by atoms with Gasteiger partial charge in [-0.25, -0.2) is 0 Å². The summed E-state index contributed by atoms with van der Waals surface area (Å²) in [7, 11) is 0. The number of benzene rings is 2. The molecule has 1 aliphatic heterocycles. The van der Waals surface area contributed by atoms with Crippen LogP contribution < -0.4 is 10.5 Å². The third-order valence-corrected chi connectivity index (χ3v) is 3.68. The number of halogens is 1. The maximum absolute atomic E-state index is 6.27. The van der Waals surface area contributed by atoms with Gasteiger partial charge in [-0.3, -0.25) is 0 Å². The third-order valence-electron chi connectivity index (χ3n) is 3.34. The van der Waals surface area contributed by atoms with Gasteiger partial charge in [-0.15, -0.1) is 0 Å². The van der Waals surface area contributed by atoms with E-state index in [0.717, 1.165) is 17.7 Å². The van der Waals surface area contributed by atoms with Crippen molar-refractivity contribution in [2.45, 2.75) is 18.6 Å². The molecule has 0 aliphatic carbocycles. The van der Waals surface area contributed by atoms with Crippen molar-refractivity contribution in [3.8, 4) is 5.75 Å². The Morgan fingerprint density at radius 1 is 1.11 bits per heavy atom. The Morgan fingerprint density at radius 2 is 1.83 bits per heavy atom. The van der Waals surface area contributed by atoms with Crippen molar-refractivity contribution in [3.63, 3.8) is 0 Å². The summed E-state index contributed by atoms with van der Waals surface area (Å²) in [5.74, 6) is 0.935. The molecule has 0 amide bonds. The number of nitrogens with two attached hydrogens (primary N) is 1. The highest BCUT2D eigenvalue weighted by atomic mass is 35.5. The van der Waals surface area contributed by atoms with Gasteiger partial charge in [0.1, 0.15) is 11.9 Å². The number of fused-ring (bicyclic) bond motifs is 1. The van der Waals surface area contributed by atoms with Crippen molar-refractivity contribution in [1.29, 1.82) is 0 Å². The van der Waals surface area contributed by atoms with E-state index >= 15 is 0 Å². The summed E-state index contributed by atoms with van der Waals surface area (Å²) in [6.45, 7) is 0. The minimum absolute atomic E-state index is 0.0395. The summed E-state index contributed by atoms with van der Waals surface area (Å²) < 4.78 is 5.89.